The van der Waals surface area contributed by atoms with E-state index in [1.54, 1.807) is 0 Å². The van der Waals surface area contributed by atoms with E-state index >= 15 is 0 Å². The molecule has 0 heterocycles. The van der Waals surface area contributed by atoms with E-state index in [9.17, 15) is 0 Å². The largest absolute Gasteiger partial charge is 0.0588 e. The molecular formula is C32H30Br2. The number of hydrogen-bond acceptors (Lipinski definition) is 0. The van der Waals surface area contributed by atoms with Crippen molar-refractivity contribution in [1.82, 2.24) is 0 Å². The lowest BCUT2D eigenvalue weighted by molar-refractivity contribution is 0.912. The smallest absolute Gasteiger partial charge is 0.0210 e. The van der Waals surface area contributed by atoms with Crippen molar-refractivity contribution >= 4 is 31.9 Å². The van der Waals surface area contributed by atoms with Crippen LogP contribution in [0.15, 0.2) is 93.9 Å². The van der Waals surface area contributed by atoms with Crippen LogP contribution in [0.2, 0.25) is 0 Å². The number of rotatable bonds is 0. The second kappa shape index (κ2) is 11.1. The highest BCUT2D eigenvalue weighted by atomic mass is 79.9. The second-order valence-corrected chi connectivity index (χ2v) is 11.2. The fraction of sp³-hybridized carbons (Fsp3) is 0.250. The summed E-state index contributed by atoms with van der Waals surface area (Å²) in [6.45, 7) is 0. The average Bonchev–Trinajstić information content (AvgIpc) is 2.84. The molecule has 34 heavy (non-hydrogen) atoms. The number of aryl methyl sites for hydroxylation is 8. The Labute approximate surface area is 220 Å². The Balaban J connectivity index is 0.000000142. The van der Waals surface area contributed by atoms with Gasteiger partial charge in [0.05, 0.1) is 0 Å². The molecule has 0 fully saturated rings. The average molecular weight is 574 g/mol. The summed E-state index contributed by atoms with van der Waals surface area (Å²) in [5, 5.41) is 0. The van der Waals surface area contributed by atoms with Crippen LogP contribution >= 0.6 is 31.9 Å². The van der Waals surface area contributed by atoms with Crippen molar-refractivity contribution < 1.29 is 0 Å². The third-order valence-corrected chi connectivity index (χ3v) is 8.53. The minimum atomic E-state index is 1.09. The molecule has 12 rings (SSSR count). The molecule has 0 atom stereocenters. The summed E-state index contributed by atoms with van der Waals surface area (Å²) in [5.74, 6) is 0. The normalized spacial score (nSPS) is 14.4. The van der Waals surface area contributed by atoms with Gasteiger partial charge in [-0.15, -0.1) is 0 Å². The molecule has 0 spiro atoms. The van der Waals surface area contributed by atoms with Gasteiger partial charge in [-0.1, -0.05) is 105 Å². The topological polar surface area (TPSA) is 0 Å². The standard InChI is InChI=1S/C16H14Br2.C16H16/c17-15-9-11-1-5-13(15)8-4-12-2-6-14(7-3-11)16(18)10-12;1-2-14-4-3-13(1)9-10-15-5-7-16(8-6-15)12-11-14/h1-2,5-6,9-10H,3-4,7-8H2;1-8H,9-12H2. The van der Waals surface area contributed by atoms with Crippen LogP contribution < -0.4 is 0 Å². The fourth-order valence-corrected chi connectivity index (χ4v) is 6.03. The molecule has 172 valence electrons. The van der Waals surface area contributed by atoms with Crippen molar-refractivity contribution in [2.45, 2.75) is 51.4 Å². The Morgan fingerprint density at radius 3 is 0.882 bits per heavy atom. The highest BCUT2D eigenvalue weighted by molar-refractivity contribution is 9.10. The van der Waals surface area contributed by atoms with Gasteiger partial charge in [-0.2, -0.15) is 0 Å². The first-order valence-electron chi connectivity index (χ1n) is 12.3. The van der Waals surface area contributed by atoms with Crippen LogP contribution in [0.3, 0.4) is 0 Å². The van der Waals surface area contributed by atoms with E-state index in [0.29, 0.717) is 0 Å². The zero-order valence-corrected chi connectivity index (χ0v) is 22.7. The Bertz CT molecular complexity index is 1110. The maximum atomic E-state index is 3.69. The van der Waals surface area contributed by atoms with Crippen molar-refractivity contribution in [2.75, 3.05) is 0 Å². The van der Waals surface area contributed by atoms with Gasteiger partial charge in [-0.05, 0) is 108 Å². The maximum absolute atomic E-state index is 3.69. The van der Waals surface area contributed by atoms with Gasteiger partial charge in [-0.3, -0.25) is 0 Å². The van der Waals surface area contributed by atoms with Crippen molar-refractivity contribution in [2.24, 2.45) is 0 Å². The lowest BCUT2D eigenvalue weighted by atomic mass is 9.97. The molecule has 0 saturated heterocycles. The van der Waals surface area contributed by atoms with Gasteiger partial charge in [0.25, 0.3) is 0 Å². The molecule has 0 nitrogen and oxygen atoms in total. The van der Waals surface area contributed by atoms with Crippen LogP contribution in [0.5, 0.6) is 0 Å². The molecule has 8 bridgehead atoms. The van der Waals surface area contributed by atoms with Crippen molar-refractivity contribution in [3.05, 3.63) is 138 Å². The van der Waals surface area contributed by atoms with Gasteiger partial charge in [0.15, 0.2) is 0 Å². The van der Waals surface area contributed by atoms with E-state index in [-0.39, 0.29) is 0 Å². The van der Waals surface area contributed by atoms with Crippen molar-refractivity contribution in [3.63, 3.8) is 0 Å². The Morgan fingerprint density at radius 2 is 0.588 bits per heavy atom. The zero-order chi connectivity index (χ0) is 23.3. The zero-order valence-electron chi connectivity index (χ0n) is 19.5. The second-order valence-electron chi connectivity index (χ2n) is 9.48. The Morgan fingerprint density at radius 1 is 0.324 bits per heavy atom. The highest BCUT2D eigenvalue weighted by Crippen LogP contribution is 2.26. The predicted molar refractivity (Wildman–Crippen MR) is 151 cm³/mol. The molecule has 2 heteroatoms. The number of benzene rings is 4. The fourth-order valence-electron chi connectivity index (χ4n) is 4.78. The summed E-state index contributed by atoms with van der Waals surface area (Å²) >= 11 is 7.39. The van der Waals surface area contributed by atoms with Gasteiger partial charge in [0.2, 0.25) is 0 Å². The summed E-state index contributed by atoms with van der Waals surface area (Å²) in [4.78, 5) is 0. The summed E-state index contributed by atoms with van der Waals surface area (Å²) in [6, 6.07) is 31.9. The third kappa shape index (κ3) is 6.09. The van der Waals surface area contributed by atoms with Crippen molar-refractivity contribution in [1.29, 1.82) is 0 Å². The first-order valence-corrected chi connectivity index (χ1v) is 13.9. The predicted octanol–water partition coefficient (Wildman–Crippen LogP) is 8.67. The lowest BCUT2D eigenvalue weighted by Crippen LogP contribution is -1.99. The molecule has 8 aliphatic rings. The van der Waals surface area contributed by atoms with Gasteiger partial charge in [0, 0.05) is 8.95 Å². The molecular weight excluding hydrogens is 544 g/mol. The molecule has 0 aromatic heterocycles. The van der Waals surface area contributed by atoms with Crippen LogP contribution in [0.4, 0.5) is 0 Å². The maximum Gasteiger partial charge on any atom is 0.0210 e. The van der Waals surface area contributed by atoms with Crippen LogP contribution in [0, 0.1) is 0 Å². The Hall–Kier alpha value is -2.16. The molecule has 0 saturated carbocycles. The summed E-state index contributed by atoms with van der Waals surface area (Å²) in [7, 11) is 0. The van der Waals surface area contributed by atoms with E-state index in [0.717, 1.165) is 51.4 Å². The molecule has 0 aliphatic heterocycles. The van der Waals surface area contributed by atoms with Crippen LogP contribution in [0.1, 0.15) is 44.5 Å². The minimum absolute atomic E-state index is 1.09. The first-order chi connectivity index (χ1) is 16.6. The lowest BCUT2D eigenvalue weighted by Gasteiger charge is -2.12. The van der Waals surface area contributed by atoms with Crippen LogP contribution in [-0.2, 0) is 51.4 Å². The van der Waals surface area contributed by atoms with Crippen molar-refractivity contribution in [3.8, 4) is 0 Å². The minimum Gasteiger partial charge on any atom is -0.0588 e. The van der Waals surface area contributed by atoms with E-state index in [1.165, 1.54) is 53.5 Å². The van der Waals surface area contributed by atoms with Gasteiger partial charge < -0.3 is 0 Å². The number of hydrogen-bond donors (Lipinski definition) is 0. The molecule has 0 N–H and O–H groups in total. The first kappa shape index (κ1) is 23.6. The van der Waals surface area contributed by atoms with E-state index in [4.69, 9.17) is 0 Å². The van der Waals surface area contributed by atoms with Gasteiger partial charge in [0.1, 0.15) is 0 Å². The Kier molecular flexibility index (Phi) is 7.67. The van der Waals surface area contributed by atoms with Gasteiger partial charge in [-0.25, -0.2) is 0 Å². The molecule has 4 aromatic carbocycles. The van der Waals surface area contributed by atoms with E-state index < -0.39 is 0 Å². The monoisotopic (exact) mass is 572 g/mol. The number of halogens is 2. The molecule has 0 radical (unpaired) electrons. The van der Waals surface area contributed by atoms with Crippen LogP contribution in [0.25, 0.3) is 0 Å². The molecule has 8 aliphatic carbocycles. The highest BCUT2D eigenvalue weighted by Gasteiger charge is 2.08. The van der Waals surface area contributed by atoms with Gasteiger partial charge >= 0.3 is 0 Å². The SMILES string of the molecule is Brc1cc2ccc1CCc1ccc(c(Br)c1)CC2.c1cc2ccc1CCc1ccc(cc1)CC2. The molecule has 4 aromatic rings. The summed E-state index contributed by atoms with van der Waals surface area (Å²) < 4.78 is 2.52. The molecule has 0 amide bonds. The quantitative estimate of drug-likeness (QED) is 0.197. The van der Waals surface area contributed by atoms with E-state index in [2.05, 4.69) is 117 Å². The summed E-state index contributed by atoms with van der Waals surface area (Å²) in [6.07, 6.45) is 8.98. The summed E-state index contributed by atoms with van der Waals surface area (Å²) in [5.41, 5.74) is 11.4. The van der Waals surface area contributed by atoms with E-state index in [1.807, 2.05) is 0 Å². The van der Waals surface area contributed by atoms with Crippen LogP contribution in [-0.4, -0.2) is 0 Å². The third-order valence-electron chi connectivity index (χ3n) is 7.05. The molecule has 0 unspecified atom stereocenters.